The number of rotatable bonds is 4. The van der Waals surface area contributed by atoms with Crippen molar-refractivity contribution >= 4 is 22.9 Å². The number of allylic oxidation sites excluding steroid dienone is 4. The van der Waals surface area contributed by atoms with Gasteiger partial charge in [-0.25, -0.2) is 0 Å². The topological polar surface area (TPSA) is 58.2 Å². The quantitative estimate of drug-likeness (QED) is 0.795. The molecule has 2 N–H and O–H groups in total. The van der Waals surface area contributed by atoms with E-state index < -0.39 is 0 Å². The molecule has 0 radical (unpaired) electrons. The van der Waals surface area contributed by atoms with Crippen LogP contribution in [0.25, 0.3) is 0 Å². The van der Waals surface area contributed by atoms with Crippen molar-refractivity contribution in [3.8, 4) is 0 Å². The van der Waals surface area contributed by atoms with Crippen LogP contribution in [0.4, 0.5) is 11.4 Å². The molecule has 0 saturated carbocycles. The summed E-state index contributed by atoms with van der Waals surface area (Å²) in [6, 6.07) is 7.92. The van der Waals surface area contributed by atoms with E-state index in [-0.39, 0.29) is 22.4 Å². The smallest absolute Gasteiger partial charge is 0.157 e. The summed E-state index contributed by atoms with van der Waals surface area (Å²) in [7, 11) is 0. The van der Waals surface area contributed by atoms with Gasteiger partial charge < -0.3 is 10.6 Å². The maximum absolute atomic E-state index is 12.0. The van der Waals surface area contributed by atoms with Crippen molar-refractivity contribution in [2.75, 3.05) is 10.6 Å². The summed E-state index contributed by atoms with van der Waals surface area (Å²) in [5.41, 5.74) is 3.66. The van der Waals surface area contributed by atoms with Crippen LogP contribution >= 0.6 is 0 Å². The molecule has 26 heavy (non-hydrogen) atoms. The molecular weight excluding hydrogens is 324 g/mol. The molecule has 0 aliphatic heterocycles. The number of carbonyl (C=O) groups is 2. The zero-order valence-corrected chi connectivity index (χ0v) is 16.1. The van der Waals surface area contributed by atoms with Gasteiger partial charge in [0.1, 0.15) is 0 Å². The second-order valence-electron chi connectivity index (χ2n) is 9.10. The van der Waals surface area contributed by atoms with Gasteiger partial charge in [0.25, 0.3) is 0 Å². The molecule has 0 unspecified atom stereocenters. The Hall–Kier alpha value is -2.36. The van der Waals surface area contributed by atoms with Crippen LogP contribution in [0.15, 0.2) is 47.8 Å². The Morgan fingerprint density at radius 3 is 1.42 bits per heavy atom. The average Bonchev–Trinajstić information content (AvgIpc) is 2.45. The van der Waals surface area contributed by atoms with Gasteiger partial charge in [0.2, 0.25) is 0 Å². The molecule has 1 aromatic carbocycles. The molecule has 0 heterocycles. The Bertz CT molecular complexity index is 733. The molecule has 2 aliphatic carbocycles. The number of hydrogen-bond donors (Lipinski definition) is 2. The van der Waals surface area contributed by atoms with Crippen molar-refractivity contribution < 1.29 is 9.59 Å². The molecule has 0 spiro atoms. The van der Waals surface area contributed by atoms with Crippen LogP contribution < -0.4 is 10.6 Å². The second-order valence-corrected chi connectivity index (χ2v) is 9.10. The highest BCUT2D eigenvalue weighted by Gasteiger charge is 2.29. The molecule has 0 amide bonds. The largest absolute Gasteiger partial charge is 0.357 e. The van der Waals surface area contributed by atoms with Gasteiger partial charge >= 0.3 is 0 Å². The van der Waals surface area contributed by atoms with Crippen LogP contribution in [-0.2, 0) is 9.59 Å². The molecule has 0 aromatic heterocycles. The van der Waals surface area contributed by atoms with Gasteiger partial charge in [-0.15, -0.1) is 0 Å². The predicted octanol–water partition coefficient (Wildman–Crippen LogP) is 5.06. The number of hydrogen-bond acceptors (Lipinski definition) is 4. The zero-order valence-electron chi connectivity index (χ0n) is 16.1. The Labute approximate surface area is 155 Å². The maximum Gasteiger partial charge on any atom is 0.157 e. The molecule has 4 nitrogen and oxygen atoms in total. The average molecular weight is 352 g/mol. The molecule has 0 bridgehead atoms. The molecule has 1 aromatic rings. The third-order valence-corrected chi connectivity index (χ3v) is 4.83. The van der Waals surface area contributed by atoms with E-state index in [1.165, 1.54) is 0 Å². The van der Waals surface area contributed by atoms with E-state index in [1.54, 1.807) is 12.2 Å². The van der Waals surface area contributed by atoms with Crippen LogP contribution in [0, 0.1) is 10.8 Å². The van der Waals surface area contributed by atoms with Crippen molar-refractivity contribution in [2.45, 2.75) is 53.4 Å². The van der Waals surface area contributed by atoms with Crippen LogP contribution in [0.2, 0.25) is 0 Å². The number of carbonyl (C=O) groups excluding carboxylic acids is 2. The first-order valence-corrected chi connectivity index (χ1v) is 9.22. The Kier molecular flexibility index (Phi) is 4.78. The Morgan fingerprint density at radius 2 is 1.08 bits per heavy atom. The number of para-hydroxylation sites is 2. The van der Waals surface area contributed by atoms with E-state index >= 15 is 0 Å². The van der Waals surface area contributed by atoms with E-state index in [9.17, 15) is 9.59 Å². The van der Waals surface area contributed by atoms with Gasteiger partial charge in [0.15, 0.2) is 11.6 Å². The normalized spacial score (nSPS) is 21.7. The van der Waals surface area contributed by atoms with Crippen LogP contribution in [-0.4, -0.2) is 11.6 Å². The summed E-state index contributed by atoms with van der Waals surface area (Å²) in [6.07, 6.45) is 6.27. The second kappa shape index (κ2) is 6.75. The molecule has 138 valence electrons. The predicted molar refractivity (Wildman–Crippen MR) is 106 cm³/mol. The first-order valence-electron chi connectivity index (χ1n) is 9.22. The zero-order chi connectivity index (χ0) is 18.9. The van der Waals surface area contributed by atoms with Gasteiger partial charge in [0.05, 0.1) is 11.4 Å². The number of ketones is 2. The monoisotopic (exact) mass is 352 g/mol. The van der Waals surface area contributed by atoms with E-state index in [0.717, 1.165) is 35.6 Å². The number of nitrogens with one attached hydrogen (secondary N) is 2. The summed E-state index contributed by atoms with van der Waals surface area (Å²) in [5, 5.41) is 6.85. The van der Waals surface area contributed by atoms with Gasteiger partial charge in [0, 0.05) is 36.4 Å². The molecule has 3 rings (SSSR count). The third-order valence-electron chi connectivity index (χ3n) is 4.83. The lowest BCUT2D eigenvalue weighted by atomic mass is 9.78. The summed E-state index contributed by atoms with van der Waals surface area (Å²) in [6.45, 7) is 8.46. The van der Waals surface area contributed by atoms with Crippen molar-refractivity contribution in [1.29, 1.82) is 0 Å². The fourth-order valence-electron chi connectivity index (χ4n) is 3.90. The summed E-state index contributed by atoms with van der Waals surface area (Å²) in [5.74, 6) is 0.327. The van der Waals surface area contributed by atoms with E-state index in [4.69, 9.17) is 0 Å². The lowest BCUT2D eigenvalue weighted by molar-refractivity contribution is -0.117. The Morgan fingerprint density at radius 1 is 0.692 bits per heavy atom. The minimum Gasteiger partial charge on any atom is -0.357 e. The first kappa shape index (κ1) is 18.4. The minimum atomic E-state index is -0.0289. The summed E-state index contributed by atoms with van der Waals surface area (Å²) in [4.78, 5) is 24.0. The number of benzene rings is 1. The molecule has 4 heteroatoms. The van der Waals surface area contributed by atoms with Crippen molar-refractivity contribution in [3.63, 3.8) is 0 Å². The van der Waals surface area contributed by atoms with Gasteiger partial charge in [-0.1, -0.05) is 39.8 Å². The first-order chi connectivity index (χ1) is 12.1. The fourth-order valence-corrected chi connectivity index (χ4v) is 3.90. The van der Waals surface area contributed by atoms with E-state index in [0.29, 0.717) is 12.8 Å². The highest BCUT2D eigenvalue weighted by atomic mass is 16.1. The fraction of sp³-hybridized carbons (Fsp3) is 0.455. The number of anilines is 2. The lowest BCUT2D eigenvalue weighted by Gasteiger charge is -2.31. The van der Waals surface area contributed by atoms with Crippen molar-refractivity contribution in [1.82, 2.24) is 0 Å². The van der Waals surface area contributed by atoms with Gasteiger partial charge in [-0.05, 0) is 35.8 Å². The minimum absolute atomic E-state index is 0.0289. The molecule has 0 saturated heterocycles. The lowest BCUT2D eigenvalue weighted by Crippen LogP contribution is -2.25. The van der Waals surface area contributed by atoms with E-state index in [2.05, 4.69) is 38.3 Å². The van der Waals surface area contributed by atoms with Crippen LogP contribution in [0.1, 0.15) is 53.4 Å². The molecule has 0 atom stereocenters. The maximum atomic E-state index is 12.0. The molecular formula is C22H28N2O2. The van der Waals surface area contributed by atoms with Gasteiger partial charge in [-0.2, -0.15) is 0 Å². The van der Waals surface area contributed by atoms with Crippen LogP contribution in [0.3, 0.4) is 0 Å². The molecule has 0 fully saturated rings. The summed E-state index contributed by atoms with van der Waals surface area (Å²) >= 11 is 0. The SMILES string of the molecule is CC1(C)CC(=O)C=C(Nc2ccccc2NC2=CC(=O)CC(C)(C)C2)C1. The Balaban J connectivity index is 1.81. The highest BCUT2D eigenvalue weighted by molar-refractivity contribution is 5.93. The third kappa shape index (κ3) is 4.63. The molecule has 2 aliphatic rings. The highest BCUT2D eigenvalue weighted by Crippen LogP contribution is 2.37. The van der Waals surface area contributed by atoms with Gasteiger partial charge in [-0.3, -0.25) is 9.59 Å². The van der Waals surface area contributed by atoms with Crippen LogP contribution in [0.5, 0.6) is 0 Å². The summed E-state index contributed by atoms with van der Waals surface area (Å²) < 4.78 is 0. The van der Waals surface area contributed by atoms with Crippen molar-refractivity contribution in [3.05, 3.63) is 47.8 Å². The standard InChI is InChI=1S/C22H28N2O2/c1-21(2)11-15(9-17(25)13-21)23-19-7-5-6-8-20(19)24-16-10-18(26)14-22(3,4)12-16/h5-10,23-24H,11-14H2,1-4H3. The van der Waals surface area contributed by atoms with Crippen molar-refractivity contribution in [2.24, 2.45) is 10.8 Å². The van der Waals surface area contributed by atoms with E-state index in [1.807, 2.05) is 24.3 Å².